The highest BCUT2D eigenvalue weighted by Crippen LogP contribution is 2.68. The molecule has 11 atom stereocenters. The molecule has 4 aliphatic rings. The Morgan fingerprint density at radius 3 is 2.57 bits per heavy atom. The van der Waals surface area contributed by atoms with Crippen molar-refractivity contribution in [1.82, 2.24) is 0 Å². The van der Waals surface area contributed by atoms with Crippen LogP contribution in [0.1, 0.15) is 97.3 Å². The van der Waals surface area contributed by atoms with Crippen LogP contribution >= 0.6 is 0 Å². The Labute approximate surface area is 187 Å². The van der Waals surface area contributed by atoms with E-state index in [9.17, 15) is 14.7 Å². The number of carboxylic acid groups (broad SMARTS) is 1. The predicted octanol–water partition coefficient (Wildman–Crippen LogP) is 5.32. The van der Waals surface area contributed by atoms with Crippen LogP contribution in [0.4, 0.5) is 0 Å². The maximum Gasteiger partial charge on any atom is 0.303 e. The van der Waals surface area contributed by atoms with Crippen molar-refractivity contribution in [1.29, 1.82) is 0 Å². The third kappa shape index (κ3) is 3.27. The SMILES string of the molecule is [2H]C([C@H]1C(=O)C2C3CCC([C@H](C)CCC(=O)O)[C@@]3(C)CCC2[C@@]2(C)CC[C@@H](O)C[C@@H]12)C([2H])([2H])[2H]. The molecule has 4 fully saturated rings. The summed E-state index contributed by atoms with van der Waals surface area (Å²) in [6.45, 7) is 4.11. The zero-order valence-electron chi connectivity index (χ0n) is 22.8. The number of ketones is 1. The molecule has 0 aromatic carbocycles. The lowest BCUT2D eigenvalue weighted by atomic mass is 9.42. The maximum atomic E-state index is 14.2. The number of rotatable bonds is 5. The van der Waals surface area contributed by atoms with E-state index in [0.717, 1.165) is 32.1 Å². The first-order chi connectivity index (χ1) is 15.7. The molecule has 170 valence electrons. The highest BCUT2D eigenvalue weighted by Gasteiger charge is 2.65. The van der Waals surface area contributed by atoms with E-state index in [-0.39, 0.29) is 52.6 Å². The Morgan fingerprint density at radius 2 is 1.87 bits per heavy atom. The molecule has 0 spiro atoms. The molecule has 5 unspecified atom stereocenters. The number of carboxylic acids is 1. The quantitative estimate of drug-likeness (QED) is 0.628. The lowest BCUT2D eigenvalue weighted by molar-refractivity contribution is -0.173. The number of carbonyl (C=O) groups excluding carboxylic acids is 1. The molecule has 4 aliphatic carbocycles. The van der Waals surface area contributed by atoms with Gasteiger partial charge in [-0.2, -0.15) is 0 Å². The van der Waals surface area contributed by atoms with Gasteiger partial charge < -0.3 is 10.2 Å². The van der Waals surface area contributed by atoms with E-state index in [4.69, 9.17) is 10.6 Å². The molecule has 4 rings (SSSR count). The van der Waals surface area contributed by atoms with Gasteiger partial charge in [0.2, 0.25) is 0 Å². The largest absolute Gasteiger partial charge is 0.481 e. The van der Waals surface area contributed by atoms with Crippen molar-refractivity contribution in [2.24, 2.45) is 52.3 Å². The Morgan fingerprint density at radius 1 is 1.17 bits per heavy atom. The fraction of sp³-hybridized carbons (Fsp3) is 0.923. The van der Waals surface area contributed by atoms with Crippen molar-refractivity contribution >= 4 is 11.8 Å². The average molecular weight is 423 g/mol. The molecule has 30 heavy (non-hydrogen) atoms. The number of aliphatic hydroxyl groups is 1. The molecule has 0 aromatic heterocycles. The summed E-state index contributed by atoms with van der Waals surface area (Å²) in [7, 11) is 0. The van der Waals surface area contributed by atoms with Crippen LogP contribution in [0.5, 0.6) is 0 Å². The van der Waals surface area contributed by atoms with Gasteiger partial charge in [-0.3, -0.25) is 9.59 Å². The first-order valence-electron chi connectivity index (χ1n) is 14.2. The van der Waals surface area contributed by atoms with Gasteiger partial charge in [0, 0.05) is 23.7 Å². The Hall–Kier alpha value is -0.900. The van der Waals surface area contributed by atoms with E-state index in [1.165, 1.54) is 0 Å². The van der Waals surface area contributed by atoms with Gasteiger partial charge in [0.1, 0.15) is 5.78 Å². The van der Waals surface area contributed by atoms with Crippen LogP contribution < -0.4 is 0 Å². The second kappa shape index (κ2) is 7.90. The van der Waals surface area contributed by atoms with Crippen LogP contribution in [-0.2, 0) is 9.59 Å². The summed E-state index contributed by atoms with van der Waals surface area (Å²) in [4.78, 5) is 25.4. The number of fused-ring (bicyclic) bond motifs is 5. The van der Waals surface area contributed by atoms with E-state index in [1.54, 1.807) is 0 Å². The van der Waals surface area contributed by atoms with Crippen molar-refractivity contribution in [2.75, 3.05) is 0 Å². The van der Waals surface area contributed by atoms with Crippen LogP contribution in [0.2, 0.25) is 0 Å². The Bertz CT molecular complexity index is 815. The van der Waals surface area contributed by atoms with Gasteiger partial charge in [0.25, 0.3) is 0 Å². The van der Waals surface area contributed by atoms with Crippen LogP contribution in [0.25, 0.3) is 0 Å². The van der Waals surface area contributed by atoms with E-state index in [0.29, 0.717) is 25.2 Å². The second-order valence-electron chi connectivity index (χ2n) is 11.5. The number of hydrogen-bond acceptors (Lipinski definition) is 3. The molecule has 0 bridgehead atoms. The van der Waals surface area contributed by atoms with Crippen molar-refractivity contribution in [3.8, 4) is 0 Å². The van der Waals surface area contributed by atoms with Crippen LogP contribution in [-0.4, -0.2) is 28.1 Å². The molecular formula is C26H42O4. The average Bonchev–Trinajstić information content (AvgIpc) is 3.09. The van der Waals surface area contributed by atoms with Crippen molar-refractivity contribution in [3.05, 3.63) is 0 Å². The van der Waals surface area contributed by atoms with Gasteiger partial charge in [0.05, 0.1) is 6.10 Å². The van der Waals surface area contributed by atoms with Crippen molar-refractivity contribution in [2.45, 2.75) is 97.9 Å². The monoisotopic (exact) mass is 422 g/mol. The minimum atomic E-state index is -2.53. The Balaban J connectivity index is 1.69. The van der Waals surface area contributed by atoms with Gasteiger partial charge in [-0.05, 0) is 98.2 Å². The number of hydrogen-bond donors (Lipinski definition) is 2. The van der Waals surface area contributed by atoms with Crippen LogP contribution in [0, 0.1) is 52.3 Å². The number of aliphatic carboxylic acids is 1. The number of Topliss-reactive ketones (excluding diaryl/α,β-unsaturated/α-hetero) is 1. The molecule has 4 saturated carbocycles. The van der Waals surface area contributed by atoms with Gasteiger partial charge in [0.15, 0.2) is 0 Å². The zero-order valence-corrected chi connectivity index (χ0v) is 18.8. The lowest BCUT2D eigenvalue weighted by Gasteiger charge is -2.62. The van der Waals surface area contributed by atoms with E-state index in [2.05, 4.69) is 20.8 Å². The third-order valence-electron chi connectivity index (χ3n) is 10.4. The molecule has 0 heterocycles. The summed E-state index contributed by atoms with van der Waals surface area (Å²) in [5.74, 6) is -1.21. The van der Waals surface area contributed by atoms with Crippen LogP contribution in [0.15, 0.2) is 0 Å². The molecule has 0 saturated heterocycles. The first kappa shape index (κ1) is 17.6. The predicted molar refractivity (Wildman–Crippen MR) is 117 cm³/mol. The van der Waals surface area contributed by atoms with E-state index >= 15 is 0 Å². The van der Waals surface area contributed by atoms with Gasteiger partial charge in [-0.1, -0.05) is 27.6 Å². The number of carbonyl (C=O) groups is 2. The molecule has 2 N–H and O–H groups in total. The van der Waals surface area contributed by atoms with E-state index < -0.39 is 31.2 Å². The summed E-state index contributed by atoms with van der Waals surface area (Å²) in [5, 5.41) is 19.6. The molecule has 4 heteroatoms. The summed E-state index contributed by atoms with van der Waals surface area (Å²) >= 11 is 0. The van der Waals surface area contributed by atoms with Crippen LogP contribution in [0.3, 0.4) is 0 Å². The highest BCUT2D eigenvalue weighted by atomic mass is 16.4. The van der Waals surface area contributed by atoms with Crippen molar-refractivity contribution < 1.29 is 25.3 Å². The molecule has 0 aliphatic heterocycles. The third-order valence-corrected chi connectivity index (χ3v) is 10.4. The first-order valence-corrected chi connectivity index (χ1v) is 12.1. The fourth-order valence-corrected chi connectivity index (χ4v) is 8.78. The standard InChI is InChI=1S/C26H42O4/c1-5-17-21-14-16(27)10-12-26(21,4)20-11-13-25(3)18(15(2)6-9-22(28)29)7-8-19(25)23(20)24(17)30/h15-21,23,27H,5-14H2,1-4H3,(H,28,29)/t15-,16-,17-,18?,19?,20?,21+,23?,25-,26-/m1/s1/i1D3,5D/t5?,15-,16-,17-,18?,19?,20?,21+,23?,25-,26-. The molecule has 0 amide bonds. The molecule has 4 nitrogen and oxygen atoms in total. The minimum Gasteiger partial charge on any atom is -0.481 e. The molecule has 0 aromatic rings. The maximum absolute atomic E-state index is 14.2. The fourth-order valence-electron chi connectivity index (χ4n) is 8.78. The van der Waals surface area contributed by atoms with Gasteiger partial charge in [-0.25, -0.2) is 0 Å². The second-order valence-corrected chi connectivity index (χ2v) is 11.5. The summed E-state index contributed by atoms with van der Waals surface area (Å²) < 4.78 is 32.5. The summed E-state index contributed by atoms with van der Waals surface area (Å²) in [6.07, 6.45) is 4.48. The highest BCUT2D eigenvalue weighted by molar-refractivity contribution is 5.86. The number of aliphatic hydroxyl groups excluding tert-OH is 1. The van der Waals surface area contributed by atoms with Gasteiger partial charge >= 0.3 is 5.97 Å². The Kier molecular flexibility index (Phi) is 4.64. The topological polar surface area (TPSA) is 74.6 Å². The molecule has 0 radical (unpaired) electrons. The lowest BCUT2D eigenvalue weighted by Crippen LogP contribution is -2.60. The zero-order chi connectivity index (χ0) is 25.2. The smallest absolute Gasteiger partial charge is 0.303 e. The van der Waals surface area contributed by atoms with Gasteiger partial charge in [-0.15, -0.1) is 0 Å². The normalized spacial score (nSPS) is 52.5. The summed E-state index contributed by atoms with van der Waals surface area (Å²) in [6, 6.07) is 0. The molecular weight excluding hydrogens is 376 g/mol. The van der Waals surface area contributed by atoms with Crippen molar-refractivity contribution in [3.63, 3.8) is 0 Å². The summed E-state index contributed by atoms with van der Waals surface area (Å²) in [5.41, 5.74) is -0.296. The van der Waals surface area contributed by atoms with E-state index in [1.807, 2.05) is 0 Å². The minimum absolute atomic E-state index is 0.0348.